The minimum Gasteiger partial charge on any atom is -0.493 e. The second kappa shape index (κ2) is 12.6. The van der Waals surface area contributed by atoms with Gasteiger partial charge in [0.1, 0.15) is 11.6 Å². The number of amides is 1. The first-order chi connectivity index (χ1) is 18.3. The van der Waals surface area contributed by atoms with E-state index in [9.17, 15) is 22.4 Å². The lowest BCUT2D eigenvalue weighted by molar-refractivity contribution is -0.138. The Kier molecular flexibility index (Phi) is 9.06. The number of piperidine rings is 1. The van der Waals surface area contributed by atoms with Gasteiger partial charge < -0.3 is 24.8 Å². The lowest BCUT2D eigenvalue weighted by atomic mass is 10.0. The molecule has 0 radical (unpaired) electrons. The maximum atomic E-state index is 13.4. The van der Waals surface area contributed by atoms with E-state index in [2.05, 4.69) is 10.6 Å². The van der Waals surface area contributed by atoms with Crippen LogP contribution < -0.4 is 24.8 Å². The standard InChI is InChI=1S/C15H11F4NO.C13H17NO3/c16-13-8-4-2-6-11(13)14(21)20-9-10-5-1-3-7-12(10)15(17,18)19;1-2-10(7-14-5-1)8-15-11-3-4-12-13(6-11)17-9-16-12/h1-8H,9H2,(H,20,21);3-4,6,10,14H,1-2,5,7-9H2. The molecule has 202 valence electrons. The van der Waals surface area contributed by atoms with Gasteiger partial charge in [-0.15, -0.1) is 0 Å². The largest absolute Gasteiger partial charge is 0.493 e. The van der Waals surface area contributed by atoms with Gasteiger partial charge in [-0.05, 0) is 55.3 Å². The second-order valence-corrected chi connectivity index (χ2v) is 8.86. The summed E-state index contributed by atoms with van der Waals surface area (Å²) < 4.78 is 68.1. The van der Waals surface area contributed by atoms with E-state index in [0.717, 1.165) is 49.1 Å². The number of alkyl halides is 3. The maximum Gasteiger partial charge on any atom is 0.416 e. The first-order valence-corrected chi connectivity index (χ1v) is 12.2. The van der Waals surface area contributed by atoms with Crippen LogP contribution in [-0.2, 0) is 12.7 Å². The average Bonchev–Trinajstić information content (AvgIpc) is 3.39. The van der Waals surface area contributed by atoms with E-state index >= 15 is 0 Å². The van der Waals surface area contributed by atoms with Crippen molar-refractivity contribution in [3.05, 3.63) is 89.2 Å². The van der Waals surface area contributed by atoms with Crippen molar-refractivity contribution in [1.29, 1.82) is 0 Å². The molecule has 6 nitrogen and oxygen atoms in total. The number of rotatable bonds is 6. The fourth-order valence-electron chi connectivity index (χ4n) is 4.11. The minimum absolute atomic E-state index is 0.0744. The molecule has 1 atom stereocenters. The number of halogens is 4. The van der Waals surface area contributed by atoms with Crippen LogP contribution in [0.15, 0.2) is 66.7 Å². The zero-order valence-electron chi connectivity index (χ0n) is 20.5. The van der Waals surface area contributed by atoms with Crippen molar-refractivity contribution in [1.82, 2.24) is 10.6 Å². The van der Waals surface area contributed by atoms with Gasteiger partial charge in [-0.2, -0.15) is 13.2 Å². The van der Waals surface area contributed by atoms with Crippen molar-refractivity contribution in [2.45, 2.75) is 25.6 Å². The average molecular weight is 533 g/mol. The van der Waals surface area contributed by atoms with Crippen LogP contribution in [0.3, 0.4) is 0 Å². The van der Waals surface area contributed by atoms with Crippen LogP contribution in [0.1, 0.15) is 34.3 Å². The van der Waals surface area contributed by atoms with E-state index in [1.165, 1.54) is 49.2 Å². The summed E-state index contributed by atoms with van der Waals surface area (Å²) in [6.07, 6.45) is -2.01. The summed E-state index contributed by atoms with van der Waals surface area (Å²) in [6.45, 7) is 2.95. The Balaban J connectivity index is 0.000000180. The zero-order valence-corrected chi connectivity index (χ0v) is 20.5. The summed E-state index contributed by atoms with van der Waals surface area (Å²) >= 11 is 0. The molecule has 0 aromatic heterocycles. The van der Waals surface area contributed by atoms with Crippen molar-refractivity contribution in [2.75, 3.05) is 26.5 Å². The third-order valence-electron chi connectivity index (χ3n) is 6.11. The molecule has 2 aliphatic rings. The molecule has 3 aromatic carbocycles. The van der Waals surface area contributed by atoms with Crippen molar-refractivity contribution in [3.63, 3.8) is 0 Å². The smallest absolute Gasteiger partial charge is 0.416 e. The highest BCUT2D eigenvalue weighted by molar-refractivity contribution is 5.94. The number of hydrogen-bond donors (Lipinski definition) is 2. The number of nitrogens with one attached hydrogen (secondary N) is 2. The van der Waals surface area contributed by atoms with E-state index in [1.54, 1.807) is 0 Å². The fourth-order valence-corrected chi connectivity index (χ4v) is 4.11. The van der Waals surface area contributed by atoms with Crippen LogP contribution in [0.5, 0.6) is 17.2 Å². The van der Waals surface area contributed by atoms with Gasteiger partial charge in [0.25, 0.3) is 5.91 Å². The fraction of sp³-hybridized carbons (Fsp3) is 0.321. The molecule has 2 heterocycles. The van der Waals surface area contributed by atoms with E-state index in [4.69, 9.17) is 14.2 Å². The van der Waals surface area contributed by atoms with E-state index in [1.807, 2.05) is 18.2 Å². The molecule has 1 fully saturated rings. The Morgan fingerprint density at radius 1 is 1.03 bits per heavy atom. The second-order valence-electron chi connectivity index (χ2n) is 8.86. The summed E-state index contributed by atoms with van der Waals surface area (Å²) in [5, 5.41) is 5.68. The van der Waals surface area contributed by atoms with Crippen LogP contribution in [0.25, 0.3) is 0 Å². The normalized spacial score (nSPS) is 16.3. The van der Waals surface area contributed by atoms with Gasteiger partial charge in [0, 0.05) is 25.1 Å². The highest BCUT2D eigenvalue weighted by Gasteiger charge is 2.32. The van der Waals surface area contributed by atoms with Crippen LogP contribution >= 0.6 is 0 Å². The van der Waals surface area contributed by atoms with Crippen LogP contribution in [0.2, 0.25) is 0 Å². The van der Waals surface area contributed by atoms with E-state index in [0.29, 0.717) is 12.7 Å². The first-order valence-electron chi connectivity index (χ1n) is 12.2. The summed E-state index contributed by atoms with van der Waals surface area (Å²) in [5.74, 6) is 1.58. The highest BCUT2D eigenvalue weighted by atomic mass is 19.4. The molecule has 2 aliphatic heterocycles. The third kappa shape index (κ3) is 7.38. The van der Waals surface area contributed by atoms with Crippen LogP contribution in [0.4, 0.5) is 17.6 Å². The SMILES string of the molecule is O=C(NCc1ccccc1C(F)(F)F)c1ccccc1F.c1cc2c(cc1OCC1CCCNC1)OCO2. The van der Waals surface area contributed by atoms with Gasteiger partial charge in [-0.25, -0.2) is 4.39 Å². The number of hydrogen-bond acceptors (Lipinski definition) is 5. The van der Waals surface area contributed by atoms with Gasteiger partial charge in [0.05, 0.1) is 17.7 Å². The molecular formula is C28H28F4N2O4. The third-order valence-corrected chi connectivity index (χ3v) is 6.11. The number of ether oxygens (including phenoxy) is 3. The van der Waals surface area contributed by atoms with Crippen molar-refractivity contribution >= 4 is 5.91 Å². The van der Waals surface area contributed by atoms with Crippen molar-refractivity contribution < 1.29 is 36.6 Å². The Morgan fingerprint density at radius 2 is 1.79 bits per heavy atom. The highest BCUT2D eigenvalue weighted by Crippen LogP contribution is 2.35. The Bertz CT molecular complexity index is 1230. The van der Waals surface area contributed by atoms with Crippen LogP contribution in [-0.4, -0.2) is 32.4 Å². The van der Waals surface area contributed by atoms with Gasteiger partial charge in [0.15, 0.2) is 11.5 Å². The molecule has 3 aromatic rings. The number of carbonyl (C=O) groups excluding carboxylic acids is 1. The van der Waals surface area contributed by atoms with Gasteiger partial charge >= 0.3 is 6.18 Å². The van der Waals surface area contributed by atoms with Gasteiger partial charge in [-0.3, -0.25) is 4.79 Å². The monoisotopic (exact) mass is 532 g/mol. The summed E-state index contributed by atoms with van der Waals surface area (Å²) in [7, 11) is 0. The zero-order chi connectivity index (χ0) is 27.0. The summed E-state index contributed by atoms with van der Waals surface area (Å²) in [5.41, 5.74) is -1.10. The van der Waals surface area contributed by atoms with Gasteiger partial charge in [-0.1, -0.05) is 30.3 Å². The van der Waals surface area contributed by atoms with E-state index < -0.39 is 23.5 Å². The number of benzene rings is 3. The molecule has 0 aliphatic carbocycles. The molecule has 0 saturated carbocycles. The number of fused-ring (bicyclic) bond motifs is 1. The van der Waals surface area contributed by atoms with Crippen molar-refractivity contribution in [3.8, 4) is 17.2 Å². The lowest BCUT2D eigenvalue weighted by Gasteiger charge is -2.22. The Morgan fingerprint density at radius 3 is 2.55 bits per heavy atom. The Hall–Kier alpha value is -3.79. The predicted octanol–water partition coefficient (Wildman–Crippen LogP) is 5.57. The molecule has 10 heteroatoms. The molecule has 1 amide bonds. The summed E-state index contributed by atoms with van der Waals surface area (Å²) in [6, 6.07) is 15.9. The quantitative estimate of drug-likeness (QED) is 0.407. The van der Waals surface area contributed by atoms with E-state index in [-0.39, 0.29) is 17.7 Å². The molecule has 38 heavy (non-hydrogen) atoms. The maximum absolute atomic E-state index is 13.4. The van der Waals surface area contributed by atoms with Crippen molar-refractivity contribution in [2.24, 2.45) is 5.92 Å². The van der Waals surface area contributed by atoms with Gasteiger partial charge in [0.2, 0.25) is 6.79 Å². The van der Waals surface area contributed by atoms with Crippen LogP contribution in [0, 0.1) is 11.7 Å². The lowest BCUT2D eigenvalue weighted by Crippen LogP contribution is -2.33. The summed E-state index contributed by atoms with van der Waals surface area (Å²) in [4.78, 5) is 11.8. The molecule has 5 rings (SSSR count). The molecule has 2 N–H and O–H groups in total. The first kappa shape index (κ1) is 27.3. The molecule has 0 spiro atoms. The molecule has 1 saturated heterocycles. The Labute approximate surface area is 217 Å². The minimum atomic E-state index is -4.50. The topological polar surface area (TPSA) is 68.8 Å². The molecule has 0 bridgehead atoms. The predicted molar refractivity (Wildman–Crippen MR) is 133 cm³/mol. The molecule has 1 unspecified atom stereocenters. The number of carbonyl (C=O) groups is 1. The molecular weight excluding hydrogens is 504 g/mol.